The molecule has 1 aliphatic rings. The van der Waals surface area contributed by atoms with Crippen molar-refractivity contribution in [3.63, 3.8) is 0 Å². The molecule has 0 saturated carbocycles. The normalized spacial score (nSPS) is 19.4. The second-order valence-corrected chi connectivity index (χ2v) is 5.57. The molecule has 1 fully saturated rings. The summed E-state index contributed by atoms with van der Waals surface area (Å²) in [6.07, 6.45) is 7.35. The van der Waals surface area contributed by atoms with Crippen LogP contribution in [0.2, 0.25) is 0 Å². The van der Waals surface area contributed by atoms with E-state index in [1.54, 1.807) is 18.6 Å². The highest BCUT2D eigenvalue weighted by atomic mass is 15.1. The Hall–Kier alpha value is -2.08. The first-order valence-electron chi connectivity index (χ1n) is 7.28. The van der Waals surface area contributed by atoms with Crippen molar-refractivity contribution in [2.75, 3.05) is 25.5 Å². The van der Waals surface area contributed by atoms with Gasteiger partial charge in [0.2, 0.25) is 0 Å². The quantitative estimate of drug-likeness (QED) is 0.931. The van der Waals surface area contributed by atoms with Gasteiger partial charge in [-0.3, -0.25) is 4.98 Å². The van der Waals surface area contributed by atoms with E-state index in [4.69, 9.17) is 0 Å². The van der Waals surface area contributed by atoms with Gasteiger partial charge in [0, 0.05) is 36.6 Å². The van der Waals surface area contributed by atoms with E-state index in [2.05, 4.69) is 37.2 Å². The smallest absolute Gasteiger partial charge is 0.150 e. The molecule has 3 rings (SSSR count). The van der Waals surface area contributed by atoms with Crippen LogP contribution >= 0.6 is 0 Å². The molecule has 1 unspecified atom stereocenters. The molecule has 1 N–H and O–H groups in total. The van der Waals surface area contributed by atoms with E-state index >= 15 is 0 Å². The number of hydrogen-bond acceptors (Lipinski definition) is 6. The van der Waals surface area contributed by atoms with Gasteiger partial charge >= 0.3 is 0 Å². The first-order valence-corrected chi connectivity index (χ1v) is 7.28. The van der Waals surface area contributed by atoms with Crippen molar-refractivity contribution in [3.8, 4) is 0 Å². The van der Waals surface area contributed by atoms with Crippen LogP contribution in [0.15, 0.2) is 24.7 Å². The maximum absolute atomic E-state index is 4.67. The molecule has 2 aromatic rings. The minimum Gasteiger partial charge on any atom is -0.324 e. The third kappa shape index (κ3) is 3.52. The number of aryl methyl sites for hydroxylation is 1. The lowest BCUT2D eigenvalue weighted by Gasteiger charge is -2.28. The molecule has 0 spiro atoms. The lowest BCUT2D eigenvalue weighted by atomic mass is 9.97. The highest BCUT2D eigenvalue weighted by Gasteiger charge is 2.22. The molecule has 1 aliphatic heterocycles. The Bertz CT molecular complexity index is 600. The van der Waals surface area contributed by atoms with Crippen molar-refractivity contribution < 1.29 is 0 Å². The minimum atomic E-state index is 0.408. The summed E-state index contributed by atoms with van der Waals surface area (Å²) in [5, 5.41) is 3.20. The summed E-state index contributed by atoms with van der Waals surface area (Å²) < 4.78 is 0. The Balaban J connectivity index is 1.82. The number of likely N-dealkylation sites (N-methyl/N-ethyl adjacent to an activating group) is 1. The summed E-state index contributed by atoms with van der Waals surface area (Å²) in [5.74, 6) is 2.81. The number of piperidine rings is 1. The van der Waals surface area contributed by atoms with Crippen molar-refractivity contribution in [2.24, 2.45) is 0 Å². The van der Waals surface area contributed by atoms with Gasteiger partial charge in [-0.2, -0.15) is 0 Å². The number of anilines is 2. The fourth-order valence-corrected chi connectivity index (χ4v) is 2.71. The summed E-state index contributed by atoms with van der Waals surface area (Å²) in [6.45, 7) is 4.18. The van der Waals surface area contributed by atoms with Crippen molar-refractivity contribution in [3.05, 3.63) is 36.2 Å². The van der Waals surface area contributed by atoms with Gasteiger partial charge in [-0.05, 0) is 33.4 Å². The predicted octanol–water partition coefficient (Wildman–Crippen LogP) is 2.13. The molecule has 0 radical (unpaired) electrons. The monoisotopic (exact) mass is 284 g/mol. The zero-order chi connectivity index (χ0) is 14.7. The first kappa shape index (κ1) is 13.9. The Morgan fingerprint density at radius 2 is 2.14 bits per heavy atom. The molecule has 1 saturated heterocycles. The number of rotatable bonds is 3. The Kier molecular flexibility index (Phi) is 4.06. The molecule has 1 atom stereocenters. The highest BCUT2D eigenvalue weighted by molar-refractivity contribution is 5.50. The Morgan fingerprint density at radius 3 is 2.90 bits per heavy atom. The molecule has 0 aliphatic carbocycles. The molecule has 0 aromatic carbocycles. The van der Waals surface area contributed by atoms with Crippen LogP contribution in [0.4, 0.5) is 11.6 Å². The highest BCUT2D eigenvalue weighted by Crippen LogP contribution is 2.25. The maximum atomic E-state index is 4.67. The molecule has 6 nitrogen and oxygen atoms in total. The Labute approximate surface area is 124 Å². The lowest BCUT2D eigenvalue weighted by Crippen LogP contribution is -2.31. The van der Waals surface area contributed by atoms with Crippen LogP contribution < -0.4 is 5.32 Å². The van der Waals surface area contributed by atoms with Gasteiger partial charge in [-0.25, -0.2) is 15.0 Å². The summed E-state index contributed by atoms with van der Waals surface area (Å²) in [5.41, 5.74) is 0.972. The molecule has 6 heteroatoms. The lowest BCUT2D eigenvalue weighted by molar-refractivity contribution is 0.246. The summed E-state index contributed by atoms with van der Waals surface area (Å²) in [6, 6.07) is 1.94. The van der Waals surface area contributed by atoms with Gasteiger partial charge in [0.25, 0.3) is 0 Å². The second-order valence-electron chi connectivity index (χ2n) is 5.57. The third-order valence-corrected chi connectivity index (χ3v) is 3.68. The topological polar surface area (TPSA) is 66.8 Å². The molecule has 110 valence electrons. The van der Waals surface area contributed by atoms with Crippen LogP contribution in [0.1, 0.15) is 30.3 Å². The van der Waals surface area contributed by atoms with E-state index in [0.29, 0.717) is 11.7 Å². The van der Waals surface area contributed by atoms with Crippen molar-refractivity contribution in [1.29, 1.82) is 0 Å². The SMILES string of the molecule is Cc1cc(Nc2cnccn2)nc(C2CCCN(C)C2)n1. The predicted molar refractivity (Wildman–Crippen MR) is 81.6 cm³/mol. The Morgan fingerprint density at radius 1 is 1.24 bits per heavy atom. The van der Waals surface area contributed by atoms with Crippen molar-refractivity contribution in [2.45, 2.75) is 25.7 Å². The van der Waals surface area contributed by atoms with E-state index in [9.17, 15) is 0 Å². The third-order valence-electron chi connectivity index (χ3n) is 3.68. The number of hydrogen-bond donors (Lipinski definition) is 1. The van der Waals surface area contributed by atoms with Crippen LogP contribution in [0, 0.1) is 6.92 Å². The molecular weight excluding hydrogens is 264 g/mol. The van der Waals surface area contributed by atoms with Gasteiger partial charge in [0.05, 0.1) is 6.20 Å². The van der Waals surface area contributed by atoms with E-state index in [1.807, 2.05) is 13.0 Å². The van der Waals surface area contributed by atoms with Crippen LogP contribution in [0.5, 0.6) is 0 Å². The van der Waals surface area contributed by atoms with Crippen LogP contribution in [0.3, 0.4) is 0 Å². The van der Waals surface area contributed by atoms with E-state index in [1.165, 1.54) is 6.42 Å². The van der Waals surface area contributed by atoms with E-state index < -0.39 is 0 Å². The zero-order valence-electron chi connectivity index (χ0n) is 12.5. The fourth-order valence-electron chi connectivity index (χ4n) is 2.71. The fraction of sp³-hybridized carbons (Fsp3) is 0.467. The molecule has 3 heterocycles. The van der Waals surface area contributed by atoms with Gasteiger partial charge in [0.15, 0.2) is 0 Å². The van der Waals surface area contributed by atoms with Gasteiger partial charge in [-0.1, -0.05) is 0 Å². The molecular formula is C15H20N6. The molecule has 21 heavy (non-hydrogen) atoms. The van der Waals surface area contributed by atoms with Gasteiger partial charge in [-0.15, -0.1) is 0 Å². The standard InChI is InChI=1S/C15H20N6/c1-11-8-13(19-14-9-16-5-6-17-14)20-15(18-11)12-4-3-7-21(2)10-12/h5-6,8-9,12H,3-4,7,10H2,1-2H3,(H,17,18,19,20). The molecule has 2 aromatic heterocycles. The van der Waals surface area contributed by atoms with E-state index in [0.717, 1.165) is 36.8 Å². The maximum Gasteiger partial charge on any atom is 0.150 e. The van der Waals surface area contributed by atoms with Crippen LogP contribution in [-0.4, -0.2) is 45.0 Å². The number of aromatic nitrogens is 4. The molecule has 0 amide bonds. The van der Waals surface area contributed by atoms with Gasteiger partial charge in [0.1, 0.15) is 17.5 Å². The zero-order valence-corrected chi connectivity index (χ0v) is 12.5. The second kappa shape index (κ2) is 6.13. The van der Waals surface area contributed by atoms with Crippen LogP contribution in [-0.2, 0) is 0 Å². The minimum absolute atomic E-state index is 0.408. The van der Waals surface area contributed by atoms with Crippen LogP contribution in [0.25, 0.3) is 0 Å². The summed E-state index contributed by atoms with van der Waals surface area (Å²) in [4.78, 5) is 19.9. The average Bonchev–Trinajstić information content (AvgIpc) is 2.48. The van der Waals surface area contributed by atoms with E-state index in [-0.39, 0.29) is 0 Å². The first-order chi connectivity index (χ1) is 10.2. The summed E-state index contributed by atoms with van der Waals surface area (Å²) >= 11 is 0. The number of likely N-dealkylation sites (tertiary alicyclic amines) is 1. The van der Waals surface area contributed by atoms with Crippen molar-refractivity contribution in [1.82, 2.24) is 24.8 Å². The molecule has 0 bridgehead atoms. The largest absolute Gasteiger partial charge is 0.324 e. The van der Waals surface area contributed by atoms with Gasteiger partial charge < -0.3 is 10.2 Å². The number of nitrogens with one attached hydrogen (secondary N) is 1. The number of nitrogens with zero attached hydrogens (tertiary/aromatic N) is 5. The summed E-state index contributed by atoms with van der Waals surface area (Å²) in [7, 11) is 2.15. The van der Waals surface area contributed by atoms with Crippen molar-refractivity contribution >= 4 is 11.6 Å². The average molecular weight is 284 g/mol.